The smallest absolute Gasteiger partial charge is 0.344 e. The molecule has 0 atom stereocenters. The van der Waals surface area contributed by atoms with Crippen molar-refractivity contribution in [3.05, 3.63) is 62.7 Å². The first kappa shape index (κ1) is 20.9. The molecule has 148 valence electrons. The Morgan fingerprint density at radius 1 is 1.00 bits per heavy atom. The van der Waals surface area contributed by atoms with E-state index in [0.717, 1.165) is 22.3 Å². The van der Waals surface area contributed by atoms with E-state index in [4.69, 9.17) is 9.47 Å². The largest absolute Gasteiger partial charge is 0.481 e. The van der Waals surface area contributed by atoms with Gasteiger partial charge in [0.15, 0.2) is 13.2 Å². The summed E-state index contributed by atoms with van der Waals surface area (Å²) < 4.78 is 10.3. The monoisotopic (exact) mass is 386 g/mol. The van der Waals surface area contributed by atoms with E-state index in [-0.39, 0.29) is 18.0 Å². The summed E-state index contributed by atoms with van der Waals surface area (Å²) in [5, 5.41) is 13.6. The molecular formula is C20H22N2O6. The molecule has 0 aliphatic heterocycles. The van der Waals surface area contributed by atoms with E-state index < -0.39 is 23.4 Å². The number of aryl methyl sites for hydroxylation is 4. The van der Waals surface area contributed by atoms with Crippen molar-refractivity contribution in [3.63, 3.8) is 0 Å². The number of carbonyl (C=O) groups excluding carboxylic acids is 2. The molecule has 0 aliphatic carbocycles. The Labute approximate surface area is 162 Å². The number of carbonyl (C=O) groups is 2. The molecule has 0 spiro atoms. The van der Waals surface area contributed by atoms with E-state index in [1.165, 1.54) is 12.1 Å². The second-order valence-electron chi connectivity index (χ2n) is 6.43. The zero-order valence-electron chi connectivity index (χ0n) is 16.2. The Kier molecular flexibility index (Phi) is 6.70. The number of rotatable bonds is 7. The molecule has 2 rings (SSSR count). The number of esters is 1. The fraction of sp³-hybridized carbons (Fsp3) is 0.300. The molecule has 8 heteroatoms. The number of nitro benzene ring substituents is 1. The summed E-state index contributed by atoms with van der Waals surface area (Å²) in [5.41, 5.74) is 3.13. The number of nitro groups is 1. The minimum absolute atomic E-state index is 0.0564. The third-order valence-electron chi connectivity index (χ3n) is 4.19. The van der Waals surface area contributed by atoms with Crippen molar-refractivity contribution in [2.45, 2.75) is 27.7 Å². The van der Waals surface area contributed by atoms with Gasteiger partial charge in [0.05, 0.1) is 4.92 Å². The number of hydrogen-bond acceptors (Lipinski definition) is 6. The van der Waals surface area contributed by atoms with Gasteiger partial charge in [-0.05, 0) is 56.0 Å². The predicted molar refractivity (Wildman–Crippen MR) is 104 cm³/mol. The third-order valence-corrected chi connectivity index (χ3v) is 4.19. The lowest BCUT2D eigenvalue weighted by atomic mass is 10.1. The second kappa shape index (κ2) is 8.98. The van der Waals surface area contributed by atoms with Crippen molar-refractivity contribution in [1.29, 1.82) is 0 Å². The average Bonchev–Trinajstić information content (AvgIpc) is 2.62. The highest BCUT2D eigenvalue weighted by atomic mass is 16.6. The third kappa shape index (κ3) is 5.29. The lowest BCUT2D eigenvalue weighted by Gasteiger charge is -2.12. The number of hydrogen-bond donors (Lipinski definition) is 1. The Hall–Kier alpha value is -3.42. The summed E-state index contributed by atoms with van der Waals surface area (Å²) in [6.07, 6.45) is 0. The van der Waals surface area contributed by atoms with Crippen LogP contribution in [0.25, 0.3) is 0 Å². The SMILES string of the molecule is Cc1cc(NC(=O)COC(=O)COc2c(C)cccc2C)c([N+](=O)[O-])cc1C. The summed E-state index contributed by atoms with van der Waals surface area (Å²) >= 11 is 0. The number of benzene rings is 2. The summed E-state index contributed by atoms with van der Waals surface area (Å²) in [6, 6.07) is 8.49. The van der Waals surface area contributed by atoms with E-state index in [1.54, 1.807) is 13.8 Å². The van der Waals surface area contributed by atoms with Crippen LogP contribution in [-0.2, 0) is 14.3 Å². The van der Waals surface area contributed by atoms with Gasteiger partial charge in [-0.15, -0.1) is 0 Å². The van der Waals surface area contributed by atoms with Crippen LogP contribution >= 0.6 is 0 Å². The molecule has 0 unspecified atom stereocenters. The van der Waals surface area contributed by atoms with Gasteiger partial charge in [0.2, 0.25) is 0 Å². The zero-order chi connectivity index (χ0) is 20.8. The molecule has 0 saturated carbocycles. The highest BCUT2D eigenvalue weighted by molar-refractivity contribution is 5.95. The van der Waals surface area contributed by atoms with Crippen molar-refractivity contribution in [3.8, 4) is 5.75 Å². The van der Waals surface area contributed by atoms with Crippen LogP contribution in [0.2, 0.25) is 0 Å². The minimum atomic E-state index is -0.715. The van der Waals surface area contributed by atoms with Crippen LogP contribution in [0.4, 0.5) is 11.4 Å². The van der Waals surface area contributed by atoms with Crippen LogP contribution in [0.3, 0.4) is 0 Å². The molecule has 0 aromatic heterocycles. The maximum absolute atomic E-state index is 12.0. The summed E-state index contributed by atoms with van der Waals surface area (Å²) in [7, 11) is 0. The van der Waals surface area contributed by atoms with Crippen LogP contribution in [0.15, 0.2) is 30.3 Å². The number of amides is 1. The molecule has 1 amide bonds. The highest BCUT2D eigenvalue weighted by Gasteiger charge is 2.18. The highest BCUT2D eigenvalue weighted by Crippen LogP contribution is 2.28. The Bertz CT molecular complexity index is 903. The molecule has 8 nitrogen and oxygen atoms in total. The van der Waals surface area contributed by atoms with Gasteiger partial charge < -0.3 is 14.8 Å². The van der Waals surface area contributed by atoms with Crippen molar-refractivity contribution >= 4 is 23.3 Å². The van der Waals surface area contributed by atoms with E-state index in [2.05, 4.69) is 5.32 Å². The van der Waals surface area contributed by atoms with Gasteiger partial charge in [-0.25, -0.2) is 4.79 Å². The van der Waals surface area contributed by atoms with Gasteiger partial charge in [0, 0.05) is 6.07 Å². The molecule has 0 heterocycles. The normalized spacial score (nSPS) is 10.3. The van der Waals surface area contributed by atoms with Crippen molar-refractivity contribution in [2.24, 2.45) is 0 Å². The molecule has 28 heavy (non-hydrogen) atoms. The molecule has 0 aliphatic rings. The maximum Gasteiger partial charge on any atom is 0.344 e. The second-order valence-corrected chi connectivity index (χ2v) is 6.43. The first-order valence-electron chi connectivity index (χ1n) is 8.59. The van der Waals surface area contributed by atoms with Crippen LogP contribution in [-0.4, -0.2) is 30.0 Å². The van der Waals surface area contributed by atoms with Crippen molar-refractivity contribution < 1.29 is 24.0 Å². The first-order chi connectivity index (χ1) is 13.2. The number of nitrogens with one attached hydrogen (secondary N) is 1. The molecule has 0 bridgehead atoms. The van der Waals surface area contributed by atoms with Crippen LogP contribution in [0, 0.1) is 37.8 Å². The first-order valence-corrected chi connectivity index (χ1v) is 8.59. The Balaban J connectivity index is 1.91. The molecule has 0 saturated heterocycles. The fourth-order valence-electron chi connectivity index (χ4n) is 2.58. The lowest BCUT2D eigenvalue weighted by molar-refractivity contribution is -0.384. The van der Waals surface area contributed by atoms with Gasteiger partial charge in [-0.1, -0.05) is 18.2 Å². The number of nitrogens with zero attached hydrogens (tertiary/aromatic N) is 1. The van der Waals surface area contributed by atoms with E-state index >= 15 is 0 Å². The van der Waals surface area contributed by atoms with Crippen molar-refractivity contribution in [2.75, 3.05) is 18.5 Å². The Morgan fingerprint density at radius 2 is 1.61 bits per heavy atom. The van der Waals surface area contributed by atoms with Crippen molar-refractivity contribution in [1.82, 2.24) is 0 Å². The van der Waals surface area contributed by atoms with Crippen LogP contribution in [0.5, 0.6) is 5.75 Å². The fourth-order valence-corrected chi connectivity index (χ4v) is 2.58. The molecular weight excluding hydrogens is 364 g/mol. The molecule has 2 aromatic rings. The topological polar surface area (TPSA) is 108 Å². The summed E-state index contributed by atoms with van der Waals surface area (Å²) in [4.78, 5) is 34.4. The van der Waals surface area contributed by atoms with E-state index in [1.807, 2.05) is 32.0 Å². The van der Waals surface area contributed by atoms with Gasteiger partial charge >= 0.3 is 5.97 Å². The Morgan fingerprint density at radius 3 is 2.21 bits per heavy atom. The molecule has 2 aromatic carbocycles. The summed E-state index contributed by atoms with van der Waals surface area (Å²) in [5.74, 6) is -0.797. The van der Waals surface area contributed by atoms with E-state index in [9.17, 15) is 19.7 Å². The molecule has 0 fully saturated rings. The van der Waals surface area contributed by atoms with Gasteiger partial charge in [-0.3, -0.25) is 14.9 Å². The maximum atomic E-state index is 12.0. The number of para-hydroxylation sites is 1. The van der Waals surface area contributed by atoms with Crippen LogP contribution < -0.4 is 10.1 Å². The predicted octanol–water partition coefficient (Wildman–Crippen LogP) is 3.39. The summed E-state index contributed by atoms with van der Waals surface area (Å²) in [6.45, 7) is 6.32. The van der Waals surface area contributed by atoms with E-state index in [0.29, 0.717) is 5.75 Å². The molecule has 0 radical (unpaired) electrons. The van der Waals surface area contributed by atoms with Gasteiger partial charge in [0.25, 0.3) is 11.6 Å². The van der Waals surface area contributed by atoms with Gasteiger partial charge in [-0.2, -0.15) is 0 Å². The standard InChI is InChI=1S/C20H22N2O6/c1-12-6-5-7-13(2)20(12)28-11-19(24)27-10-18(23)21-16-8-14(3)15(4)9-17(16)22(25)26/h5-9H,10-11H2,1-4H3,(H,21,23). The van der Waals surface area contributed by atoms with Crippen LogP contribution in [0.1, 0.15) is 22.3 Å². The number of anilines is 1. The lowest BCUT2D eigenvalue weighted by Crippen LogP contribution is -2.24. The quantitative estimate of drug-likeness (QED) is 0.444. The molecule has 1 N–H and O–H groups in total. The average molecular weight is 386 g/mol. The van der Waals surface area contributed by atoms with Gasteiger partial charge in [0.1, 0.15) is 11.4 Å². The number of ether oxygens (including phenoxy) is 2. The minimum Gasteiger partial charge on any atom is -0.481 e. The zero-order valence-corrected chi connectivity index (χ0v) is 16.2.